The topological polar surface area (TPSA) is 134 Å². The third-order valence-electron chi connectivity index (χ3n) is 5.64. The molecular weight excluding hydrogens is 464 g/mol. The van der Waals surface area contributed by atoms with Crippen molar-refractivity contribution >= 4 is 22.6 Å². The van der Waals surface area contributed by atoms with Gasteiger partial charge in [-0.1, -0.05) is 0 Å². The maximum Gasteiger partial charge on any atom is 0.153 e. The number of nitrogens with one attached hydrogen (secondary N) is 2. The molecule has 3 aromatic rings. The highest BCUT2D eigenvalue weighted by molar-refractivity contribution is 7.92. The molecule has 1 saturated heterocycles. The minimum atomic E-state index is -1.06. The molecule has 182 valence electrons. The van der Waals surface area contributed by atoms with E-state index < -0.39 is 11.2 Å². The zero-order valence-electron chi connectivity index (χ0n) is 19.2. The van der Waals surface area contributed by atoms with E-state index >= 15 is 0 Å². The zero-order chi connectivity index (χ0) is 24.6. The van der Waals surface area contributed by atoms with E-state index in [9.17, 15) is 9.66 Å². The highest BCUT2D eigenvalue weighted by atomic mass is 32.2. The van der Waals surface area contributed by atoms with Crippen molar-refractivity contribution in [1.29, 1.82) is 5.41 Å². The highest BCUT2D eigenvalue weighted by Crippen LogP contribution is 2.25. The van der Waals surface area contributed by atoms with Crippen LogP contribution >= 0.6 is 0 Å². The average Bonchev–Trinajstić information content (AvgIpc) is 2.92. The molecule has 1 aliphatic rings. The number of rotatable bonds is 9. The van der Waals surface area contributed by atoms with Crippen LogP contribution in [-0.2, 0) is 11.2 Å². The molecule has 0 radical (unpaired) electrons. The van der Waals surface area contributed by atoms with Crippen molar-refractivity contribution < 1.29 is 19.5 Å². The molecule has 35 heavy (non-hydrogen) atoms. The van der Waals surface area contributed by atoms with E-state index in [0.29, 0.717) is 17.0 Å². The van der Waals surface area contributed by atoms with Gasteiger partial charge < -0.3 is 30.2 Å². The number of aliphatic hydroxyl groups excluding tert-OH is 2. The van der Waals surface area contributed by atoms with Crippen LogP contribution in [0, 0.1) is 5.41 Å². The predicted octanol–water partition coefficient (Wildman–Crippen LogP) is 3.34. The second-order valence-corrected chi connectivity index (χ2v) is 9.85. The molecule has 0 bridgehead atoms. The van der Waals surface area contributed by atoms with Crippen LogP contribution in [0.25, 0.3) is 17.0 Å². The fourth-order valence-corrected chi connectivity index (χ4v) is 5.21. The van der Waals surface area contributed by atoms with E-state index in [1.165, 1.54) is 12.3 Å². The van der Waals surface area contributed by atoms with Crippen LogP contribution in [0.2, 0.25) is 0 Å². The average molecular weight is 493 g/mol. The van der Waals surface area contributed by atoms with Crippen LogP contribution in [0.4, 0.5) is 0 Å². The second kappa shape index (κ2) is 11.9. The number of ether oxygens (including phenoxy) is 1. The third kappa shape index (κ3) is 6.46. The summed E-state index contributed by atoms with van der Waals surface area (Å²) in [4.78, 5) is 9.48. The van der Waals surface area contributed by atoms with E-state index in [-0.39, 0.29) is 35.6 Å². The van der Waals surface area contributed by atoms with Crippen LogP contribution in [-0.4, -0.2) is 62.0 Å². The van der Waals surface area contributed by atoms with Gasteiger partial charge in [-0.25, -0.2) is 4.98 Å². The molecule has 1 fully saturated rings. The molecule has 8 nitrogen and oxygen atoms in total. The molecule has 1 aliphatic heterocycles. The molecule has 2 atom stereocenters. The van der Waals surface area contributed by atoms with Crippen molar-refractivity contribution in [2.75, 3.05) is 26.3 Å². The van der Waals surface area contributed by atoms with Gasteiger partial charge in [-0.3, -0.25) is 4.98 Å². The maximum absolute atomic E-state index is 12.8. The summed E-state index contributed by atoms with van der Waals surface area (Å²) >= 11 is -1.06. The third-order valence-corrected chi connectivity index (χ3v) is 7.38. The Labute approximate surface area is 207 Å². The van der Waals surface area contributed by atoms with Gasteiger partial charge >= 0.3 is 0 Å². The Morgan fingerprint density at radius 1 is 1.17 bits per heavy atom. The van der Waals surface area contributed by atoms with Crippen LogP contribution in [0.15, 0.2) is 71.9 Å². The summed E-state index contributed by atoms with van der Waals surface area (Å²) < 4.78 is 18.2. The van der Waals surface area contributed by atoms with E-state index in [2.05, 4.69) is 15.3 Å². The SMILES string of the molecule is N=C(/C=C(\O)c1cncc(-c2ccc([S+]([O-])C3CCCNC3)cc2)n1)c1ccc(OCCO)cc1. The van der Waals surface area contributed by atoms with Gasteiger partial charge in [0.05, 0.1) is 30.4 Å². The Morgan fingerprint density at radius 3 is 2.63 bits per heavy atom. The van der Waals surface area contributed by atoms with E-state index in [0.717, 1.165) is 36.4 Å². The first-order valence-corrected chi connectivity index (χ1v) is 12.6. The molecule has 2 aromatic carbocycles. The molecule has 2 unspecified atom stereocenters. The largest absolute Gasteiger partial charge is 0.611 e. The van der Waals surface area contributed by atoms with Crippen LogP contribution < -0.4 is 10.1 Å². The smallest absolute Gasteiger partial charge is 0.153 e. The van der Waals surface area contributed by atoms with Crippen molar-refractivity contribution in [3.8, 4) is 17.0 Å². The molecular formula is C26H28N4O4S. The molecule has 0 saturated carbocycles. The number of aromatic nitrogens is 2. The van der Waals surface area contributed by atoms with Gasteiger partial charge in [-0.2, -0.15) is 0 Å². The Bertz CT molecular complexity index is 1160. The molecule has 0 amide bonds. The number of hydrogen-bond acceptors (Lipinski definition) is 8. The monoisotopic (exact) mass is 492 g/mol. The molecule has 1 aromatic heterocycles. The van der Waals surface area contributed by atoms with Gasteiger partial charge in [0.1, 0.15) is 29.1 Å². The number of piperidine rings is 1. The highest BCUT2D eigenvalue weighted by Gasteiger charge is 2.26. The lowest BCUT2D eigenvalue weighted by Crippen LogP contribution is -2.38. The summed E-state index contributed by atoms with van der Waals surface area (Å²) in [6.45, 7) is 1.88. The quantitative estimate of drug-likeness (QED) is 0.204. The van der Waals surface area contributed by atoms with Crippen molar-refractivity contribution in [3.63, 3.8) is 0 Å². The lowest BCUT2D eigenvalue weighted by molar-refractivity contribution is 0.201. The lowest BCUT2D eigenvalue weighted by atomic mass is 10.1. The zero-order valence-corrected chi connectivity index (χ0v) is 20.0. The fraction of sp³-hybridized carbons (Fsp3) is 0.269. The molecule has 0 aliphatic carbocycles. The molecule has 9 heteroatoms. The van der Waals surface area contributed by atoms with Gasteiger partial charge in [-0.05, 0) is 84.7 Å². The van der Waals surface area contributed by atoms with Crippen LogP contribution in [0.1, 0.15) is 24.1 Å². The maximum atomic E-state index is 12.8. The molecule has 2 heterocycles. The number of benzene rings is 2. The van der Waals surface area contributed by atoms with Gasteiger partial charge in [-0.15, -0.1) is 0 Å². The Morgan fingerprint density at radius 2 is 1.94 bits per heavy atom. The standard InChI is InChI=1S/C26H28N4O4S/c27-23(18-3-7-20(8-4-18)34-13-12-31)14-26(32)25-17-29-16-24(30-25)19-5-9-21(10-6-19)35(33)22-2-1-11-28-15-22/h3-10,14,16-17,22,27-28,31-32H,1-2,11-13,15H2/b26-14-,27-23?. The van der Waals surface area contributed by atoms with Crippen molar-refractivity contribution in [2.45, 2.75) is 23.0 Å². The Kier molecular flexibility index (Phi) is 8.49. The summed E-state index contributed by atoms with van der Waals surface area (Å²) in [5.74, 6) is 0.417. The minimum Gasteiger partial charge on any atom is -0.611 e. The summed E-state index contributed by atoms with van der Waals surface area (Å²) in [5.41, 5.74) is 2.30. The molecule has 0 spiro atoms. The van der Waals surface area contributed by atoms with Gasteiger partial charge in [0.15, 0.2) is 4.90 Å². The molecule has 4 rings (SSSR count). The number of allylic oxidation sites excluding steroid dienone is 1. The summed E-state index contributed by atoms with van der Waals surface area (Å²) in [6, 6.07) is 14.2. The van der Waals surface area contributed by atoms with Crippen LogP contribution in [0.5, 0.6) is 5.75 Å². The van der Waals surface area contributed by atoms with E-state index in [1.54, 1.807) is 30.5 Å². The summed E-state index contributed by atoms with van der Waals surface area (Å²) in [7, 11) is 0. The van der Waals surface area contributed by atoms with Crippen molar-refractivity contribution in [1.82, 2.24) is 15.3 Å². The fourth-order valence-electron chi connectivity index (χ4n) is 3.77. The predicted molar refractivity (Wildman–Crippen MR) is 136 cm³/mol. The van der Waals surface area contributed by atoms with Gasteiger partial charge in [0.2, 0.25) is 0 Å². The Balaban J connectivity index is 1.46. The second-order valence-electron chi connectivity index (χ2n) is 8.12. The first kappa shape index (κ1) is 24.9. The normalized spacial score (nSPS) is 17.1. The summed E-state index contributed by atoms with van der Waals surface area (Å²) in [5, 5.41) is 31.1. The lowest BCUT2D eigenvalue weighted by Gasteiger charge is -2.25. The van der Waals surface area contributed by atoms with Crippen molar-refractivity contribution in [2.24, 2.45) is 0 Å². The number of aliphatic hydroxyl groups is 2. The van der Waals surface area contributed by atoms with E-state index in [1.807, 2.05) is 24.3 Å². The molecule has 4 N–H and O–H groups in total. The van der Waals surface area contributed by atoms with Gasteiger partial charge in [0, 0.05) is 18.2 Å². The summed E-state index contributed by atoms with van der Waals surface area (Å²) in [6.07, 6.45) is 6.35. The van der Waals surface area contributed by atoms with Crippen molar-refractivity contribution in [3.05, 3.63) is 78.3 Å². The first-order chi connectivity index (χ1) is 17.0. The number of nitrogens with zero attached hydrogens (tertiary/aromatic N) is 2. The number of hydrogen-bond donors (Lipinski definition) is 4. The van der Waals surface area contributed by atoms with Gasteiger partial charge in [0.25, 0.3) is 0 Å². The minimum absolute atomic E-state index is 0.0733. The van der Waals surface area contributed by atoms with E-state index in [4.69, 9.17) is 15.3 Å². The Hall–Kier alpha value is -3.24. The first-order valence-electron chi connectivity index (χ1n) is 11.4. The van der Waals surface area contributed by atoms with Crippen LogP contribution in [0.3, 0.4) is 0 Å².